The molecule has 0 spiro atoms. The summed E-state index contributed by atoms with van der Waals surface area (Å²) in [5, 5.41) is 8.81. The number of allylic oxidation sites excluding steroid dienone is 1. The van der Waals surface area contributed by atoms with Crippen LogP contribution in [0.15, 0.2) is 108 Å². The van der Waals surface area contributed by atoms with E-state index >= 15 is 0 Å². The highest BCUT2D eigenvalue weighted by atomic mass is 19.4. The van der Waals surface area contributed by atoms with Crippen molar-refractivity contribution in [2.45, 2.75) is 31.5 Å². The number of ether oxygens (including phenoxy) is 1. The lowest BCUT2D eigenvalue weighted by Crippen LogP contribution is -2.34. The Labute approximate surface area is 267 Å². The molecule has 4 aromatic carbocycles. The summed E-state index contributed by atoms with van der Waals surface area (Å²) in [6, 6.07) is 21.9. The zero-order valence-corrected chi connectivity index (χ0v) is 24.8. The molecule has 1 aliphatic carbocycles. The van der Waals surface area contributed by atoms with Gasteiger partial charge in [0.15, 0.2) is 6.61 Å². The first-order chi connectivity index (χ1) is 22.6. The number of hydrazone groups is 1. The maximum absolute atomic E-state index is 13.9. The predicted octanol–water partition coefficient (Wildman–Crippen LogP) is 8.71. The minimum atomic E-state index is -4.55. The number of hydrogen-bond donors (Lipinski definition) is 1. The van der Waals surface area contributed by atoms with Gasteiger partial charge in [-0.25, -0.2) is 18.6 Å². The molecule has 0 saturated heterocycles. The summed E-state index contributed by atoms with van der Waals surface area (Å²) in [4.78, 5) is 26.9. The van der Waals surface area contributed by atoms with E-state index in [-0.39, 0.29) is 28.7 Å². The molecule has 1 fully saturated rings. The predicted molar refractivity (Wildman–Crippen MR) is 167 cm³/mol. The number of rotatable bonds is 7. The third-order valence-corrected chi connectivity index (χ3v) is 8.12. The number of fused-ring (bicyclic) bond motifs is 1. The van der Waals surface area contributed by atoms with Crippen LogP contribution in [0.5, 0.6) is 0 Å². The van der Waals surface area contributed by atoms with E-state index in [4.69, 9.17) is 9.84 Å². The van der Waals surface area contributed by atoms with Crippen LogP contribution < -0.4 is 5.32 Å². The first kappa shape index (κ1) is 31.7. The molecule has 6 rings (SSSR count). The van der Waals surface area contributed by atoms with Crippen LogP contribution in [0.2, 0.25) is 0 Å². The van der Waals surface area contributed by atoms with E-state index in [1.807, 2.05) is 6.08 Å². The zero-order valence-electron chi connectivity index (χ0n) is 24.8. The van der Waals surface area contributed by atoms with Crippen molar-refractivity contribution in [2.24, 2.45) is 11.0 Å². The second-order valence-electron chi connectivity index (χ2n) is 11.3. The molecule has 1 amide bonds. The van der Waals surface area contributed by atoms with Gasteiger partial charge in [0.05, 0.1) is 28.6 Å². The lowest BCUT2D eigenvalue weighted by molar-refractivity contribution is -0.138. The minimum absolute atomic E-state index is 0.0127. The van der Waals surface area contributed by atoms with Gasteiger partial charge in [0.1, 0.15) is 11.6 Å². The molecule has 11 heteroatoms. The molecule has 1 aliphatic heterocycles. The van der Waals surface area contributed by atoms with Gasteiger partial charge in [0, 0.05) is 11.6 Å². The van der Waals surface area contributed by atoms with E-state index in [0.29, 0.717) is 24.1 Å². The van der Waals surface area contributed by atoms with Crippen molar-refractivity contribution in [3.63, 3.8) is 0 Å². The van der Waals surface area contributed by atoms with Crippen LogP contribution in [0.3, 0.4) is 0 Å². The molecule has 2 atom stereocenters. The number of esters is 1. The van der Waals surface area contributed by atoms with Crippen molar-refractivity contribution in [3.05, 3.63) is 137 Å². The topological polar surface area (TPSA) is 71.0 Å². The van der Waals surface area contributed by atoms with Gasteiger partial charge in [0.25, 0.3) is 5.91 Å². The van der Waals surface area contributed by atoms with Crippen LogP contribution in [0.1, 0.15) is 52.4 Å². The molecule has 2 aliphatic rings. The maximum Gasteiger partial charge on any atom is 0.416 e. The third kappa shape index (κ3) is 7.09. The van der Waals surface area contributed by atoms with Gasteiger partial charge < -0.3 is 10.1 Å². The molecule has 1 heterocycles. The highest BCUT2D eigenvalue weighted by molar-refractivity contribution is 6.08. The molecule has 240 valence electrons. The van der Waals surface area contributed by atoms with Crippen LogP contribution in [-0.2, 0) is 15.7 Å². The van der Waals surface area contributed by atoms with Gasteiger partial charge in [-0.1, -0.05) is 42.5 Å². The van der Waals surface area contributed by atoms with Crippen molar-refractivity contribution in [2.75, 3.05) is 11.9 Å². The molecule has 0 aromatic heterocycles. The Bertz CT molecular complexity index is 1850. The number of anilines is 2. The van der Waals surface area contributed by atoms with Crippen molar-refractivity contribution in [1.82, 2.24) is 5.01 Å². The quantitative estimate of drug-likeness (QED) is 0.161. The molecule has 1 saturated carbocycles. The van der Waals surface area contributed by atoms with Crippen LogP contribution in [-0.4, -0.2) is 29.2 Å². The highest BCUT2D eigenvalue weighted by Gasteiger charge is 2.44. The molecule has 1 N–H and O–H groups in total. The number of benzene rings is 4. The van der Waals surface area contributed by atoms with Gasteiger partial charge >= 0.3 is 12.1 Å². The number of hydrogen-bond acceptors (Lipinski definition) is 5. The summed E-state index contributed by atoms with van der Waals surface area (Å²) >= 11 is 0. The van der Waals surface area contributed by atoms with E-state index in [0.717, 1.165) is 29.7 Å². The molecule has 4 aromatic rings. The summed E-state index contributed by atoms with van der Waals surface area (Å²) in [6.07, 6.45) is -0.429. The number of para-hydroxylation sites is 1. The molecule has 0 unspecified atom stereocenters. The molecule has 47 heavy (non-hydrogen) atoms. The standard InChI is InChI=1S/C36H28F5N3O3/c37-26-15-11-22(12-16-26)19-24-5-3-9-30-33(24)43-44(34(30)23-13-17-27(38)18-14-23)32(45)21-47-35(46)29-8-1-2-10-31(29)42-28-7-4-6-25(20-28)36(39,40)41/h1-2,4,6-8,10-20,30,34,42H,3,5,9,21H2/b24-19-/t30-,34+/m0/s1. The second kappa shape index (κ2) is 13.2. The van der Waals surface area contributed by atoms with Crippen LogP contribution in [0, 0.1) is 17.6 Å². The van der Waals surface area contributed by atoms with Gasteiger partial charge in [0.2, 0.25) is 0 Å². The number of nitrogens with one attached hydrogen (secondary N) is 1. The Morgan fingerprint density at radius 2 is 1.62 bits per heavy atom. The summed E-state index contributed by atoms with van der Waals surface area (Å²) in [5.74, 6) is -2.48. The van der Waals surface area contributed by atoms with E-state index in [1.54, 1.807) is 36.4 Å². The molecule has 0 radical (unpaired) electrons. The fraction of sp³-hybridized carbons (Fsp3) is 0.194. The number of amides is 1. The Balaban J connectivity index is 1.23. The van der Waals surface area contributed by atoms with Crippen molar-refractivity contribution in [3.8, 4) is 0 Å². The summed E-state index contributed by atoms with van der Waals surface area (Å²) < 4.78 is 72.4. The Morgan fingerprint density at radius 3 is 2.34 bits per heavy atom. The normalized spacial score (nSPS) is 18.4. The minimum Gasteiger partial charge on any atom is -0.452 e. The molecular weight excluding hydrogens is 617 g/mol. The largest absolute Gasteiger partial charge is 0.452 e. The van der Waals surface area contributed by atoms with E-state index in [9.17, 15) is 31.5 Å². The average molecular weight is 646 g/mol. The Morgan fingerprint density at radius 1 is 0.915 bits per heavy atom. The zero-order chi connectivity index (χ0) is 33.1. The molecular formula is C36H28F5N3O3. The van der Waals surface area contributed by atoms with Crippen LogP contribution in [0.4, 0.5) is 33.3 Å². The van der Waals surface area contributed by atoms with Crippen LogP contribution in [0.25, 0.3) is 6.08 Å². The van der Waals surface area contributed by atoms with Crippen LogP contribution >= 0.6 is 0 Å². The summed E-state index contributed by atoms with van der Waals surface area (Å²) in [7, 11) is 0. The smallest absolute Gasteiger partial charge is 0.416 e. The molecule has 6 nitrogen and oxygen atoms in total. The molecule has 0 bridgehead atoms. The third-order valence-electron chi connectivity index (χ3n) is 8.12. The van der Waals surface area contributed by atoms with Gasteiger partial charge in [-0.15, -0.1) is 0 Å². The first-order valence-electron chi connectivity index (χ1n) is 14.9. The number of carbonyl (C=O) groups is 2. The van der Waals surface area contributed by atoms with Crippen molar-refractivity contribution >= 4 is 35.0 Å². The number of carbonyl (C=O) groups excluding carboxylic acids is 2. The second-order valence-corrected chi connectivity index (χ2v) is 11.3. The number of halogens is 5. The van der Waals surface area contributed by atoms with Crippen molar-refractivity contribution < 1.29 is 36.3 Å². The fourth-order valence-electron chi connectivity index (χ4n) is 5.93. The Kier molecular flexibility index (Phi) is 8.88. The summed E-state index contributed by atoms with van der Waals surface area (Å²) in [6.45, 7) is -0.672. The van der Waals surface area contributed by atoms with Crippen molar-refractivity contribution in [1.29, 1.82) is 0 Å². The van der Waals surface area contributed by atoms with Gasteiger partial charge in [-0.2, -0.15) is 18.3 Å². The number of nitrogens with zero attached hydrogens (tertiary/aromatic N) is 2. The maximum atomic E-state index is 13.9. The number of alkyl halides is 3. The monoisotopic (exact) mass is 645 g/mol. The van der Waals surface area contributed by atoms with E-state index in [2.05, 4.69) is 5.32 Å². The lowest BCUT2D eigenvalue weighted by Gasteiger charge is -2.29. The van der Waals surface area contributed by atoms with E-state index < -0.39 is 42.1 Å². The van der Waals surface area contributed by atoms with E-state index in [1.165, 1.54) is 53.5 Å². The Hall–Kier alpha value is -5.32. The van der Waals surface area contributed by atoms with Gasteiger partial charge in [-0.05, 0) is 96.6 Å². The highest BCUT2D eigenvalue weighted by Crippen LogP contribution is 2.44. The average Bonchev–Trinajstić information content (AvgIpc) is 3.46. The van der Waals surface area contributed by atoms with Gasteiger partial charge in [-0.3, -0.25) is 4.79 Å². The summed E-state index contributed by atoms with van der Waals surface area (Å²) in [5.41, 5.74) is 2.47. The first-order valence-corrected chi connectivity index (χ1v) is 14.9. The fourth-order valence-corrected chi connectivity index (χ4v) is 5.93. The lowest BCUT2D eigenvalue weighted by atomic mass is 9.77. The SMILES string of the molecule is O=C(OCC(=O)N1N=C2/C(=C\c3ccc(F)cc3)CCC[C@@H]2[C@H]1c1ccc(F)cc1)c1ccccc1Nc1cccc(C(F)(F)F)c1.